The van der Waals surface area contributed by atoms with Crippen LogP contribution in [0.3, 0.4) is 0 Å². The Hall–Kier alpha value is -0.740. The van der Waals surface area contributed by atoms with Crippen LogP contribution in [0.5, 0.6) is 0 Å². The molecule has 0 fully saturated rings. The van der Waals surface area contributed by atoms with Gasteiger partial charge in [0.2, 0.25) is 0 Å². The van der Waals surface area contributed by atoms with Gasteiger partial charge in [-0.1, -0.05) is 17.7 Å². The van der Waals surface area contributed by atoms with Gasteiger partial charge in [0.15, 0.2) is 5.78 Å². The van der Waals surface area contributed by atoms with Crippen LogP contribution >= 0.6 is 23.2 Å². The van der Waals surface area contributed by atoms with E-state index in [9.17, 15) is 18.0 Å². The lowest BCUT2D eigenvalue weighted by Gasteiger charge is -2.12. The summed E-state index contributed by atoms with van der Waals surface area (Å²) in [6.07, 6.45) is -4.61. The van der Waals surface area contributed by atoms with Crippen molar-refractivity contribution in [3.63, 3.8) is 0 Å². The topological polar surface area (TPSA) is 17.1 Å². The minimum absolute atomic E-state index is 0.240. The molecule has 6 heteroatoms. The van der Waals surface area contributed by atoms with Crippen LogP contribution in [0.1, 0.15) is 15.9 Å². The largest absolute Gasteiger partial charge is 0.417 e. The smallest absolute Gasteiger partial charge is 0.293 e. The molecule has 0 aliphatic carbocycles. The first-order valence-corrected chi connectivity index (χ1v) is 4.74. The van der Waals surface area contributed by atoms with Crippen LogP contribution < -0.4 is 0 Å². The summed E-state index contributed by atoms with van der Waals surface area (Å²) in [5.74, 6) is -1.37. The van der Waals surface area contributed by atoms with Crippen molar-refractivity contribution in [2.75, 3.05) is 5.88 Å². The fourth-order valence-corrected chi connectivity index (χ4v) is 1.52. The summed E-state index contributed by atoms with van der Waals surface area (Å²) in [7, 11) is 0. The van der Waals surface area contributed by atoms with Gasteiger partial charge in [0.1, 0.15) is 0 Å². The fraction of sp³-hybridized carbons (Fsp3) is 0.222. The summed E-state index contributed by atoms with van der Waals surface area (Å²) in [5, 5.41) is -0.240. The molecular weight excluding hydrogens is 252 g/mol. The van der Waals surface area contributed by atoms with Crippen molar-refractivity contribution in [3.8, 4) is 0 Å². The first kappa shape index (κ1) is 12.3. The van der Waals surface area contributed by atoms with Gasteiger partial charge in [-0.2, -0.15) is 13.2 Å². The normalized spacial score (nSPS) is 11.5. The first-order valence-electron chi connectivity index (χ1n) is 3.82. The molecule has 0 aliphatic rings. The van der Waals surface area contributed by atoms with Gasteiger partial charge in [0.25, 0.3) is 0 Å². The van der Waals surface area contributed by atoms with Crippen LogP contribution in [0.25, 0.3) is 0 Å². The van der Waals surface area contributed by atoms with Gasteiger partial charge in [0.05, 0.1) is 16.5 Å². The monoisotopic (exact) mass is 256 g/mol. The van der Waals surface area contributed by atoms with Gasteiger partial charge >= 0.3 is 6.18 Å². The Kier molecular flexibility index (Phi) is 3.62. The molecule has 1 aromatic rings. The van der Waals surface area contributed by atoms with Crippen molar-refractivity contribution in [1.29, 1.82) is 0 Å². The van der Waals surface area contributed by atoms with Crippen LogP contribution in [0.2, 0.25) is 5.02 Å². The molecule has 1 aromatic carbocycles. The average molecular weight is 257 g/mol. The molecule has 0 bridgehead atoms. The summed E-state index contributed by atoms with van der Waals surface area (Å²) in [4.78, 5) is 11.2. The van der Waals surface area contributed by atoms with Crippen molar-refractivity contribution in [2.45, 2.75) is 6.18 Å². The molecule has 0 aliphatic heterocycles. The highest BCUT2D eigenvalue weighted by Gasteiger charge is 2.35. The van der Waals surface area contributed by atoms with Gasteiger partial charge < -0.3 is 0 Å². The van der Waals surface area contributed by atoms with E-state index < -0.39 is 29.0 Å². The summed E-state index contributed by atoms with van der Waals surface area (Å²) in [5.41, 5.74) is -1.62. The maximum Gasteiger partial charge on any atom is 0.417 e. The van der Waals surface area contributed by atoms with E-state index in [0.717, 1.165) is 12.1 Å². The van der Waals surface area contributed by atoms with E-state index in [1.54, 1.807) is 0 Å². The third-order valence-electron chi connectivity index (χ3n) is 1.72. The molecular formula is C9H5Cl2F3O. The van der Waals surface area contributed by atoms with Crippen molar-refractivity contribution < 1.29 is 18.0 Å². The standard InChI is InChI=1S/C9H5Cl2F3O/c10-4-7(15)8-5(9(12,13)14)2-1-3-6(8)11/h1-3H,4H2. The Morgan fingerprint density at radius 2 is 1.93 bits per heavy atom. The highest BCUT2D eigenvalue weighted by atomic mass is 35.5. The molecule has 0 radical (unpaired) electrons. The Labute approximate surface area is 93.8 Å². The van der Waals surface area contributed by atoms with E-state index >= 15 is 0 Å². The molecule has 0 heterocycles. The number of hydrogen-bond acceptors (Lipinski definition) is 1. The summed E-state index contributed by atoms with van der Waals surface area (Å²) in [6, 6.07) is 3.15. The molecule has 0 unspecified atom stereocenters. The molecule has 0 spiro atoms. The van der Waals surface area contributed by atoms with Gasteiger partial charge in [0, 0.05) is 5.56 Å². The predicted molar refractivity (Wildman–Crippen MR) is 51.5 cm³/mol. The number of halogens is 5. The third kappa shape index (κ3) is 2.63. The van der Waals surface area contributed by atoms with E-state index in [2.05, 4.69) is 0 Å². The van der Waals surface area contributed by atoms with Gasteiger partial charge in [-0.15, -0.1) is 11.6 Å². The summed E-state index contributed by atoms with van der Waals surface area (Å²) < 4.78 is 37.4. The second-order valence-electron chi connectivity index (χ2n) is 2.72. The summed E-state index contributed by atoms with van der Waals surface area (Å²) in [6.45, 7) is 0. The second kappa shape index (κ2) is 4.41. The number of benzene rings is 1. The SMILES string of the molecule is O=C(CCl)c1c(Cl)cccc1C(F)(F)F. The van der Waals surface area contributed by atoms with Gasteiger partial charge in [-0.05, 0) is 12.1 Å². The van der Waals surface area contributed by atoms with Gasteiger partial charge in [-0.25, -0.2) is 0 Å². The quantitative estimate of drug-likeness (QED) is 0.582. The minimum Gasteiger partial charge on any atom is -0.293 e. The van der Waals surface area contributed by atoms with Crippen LogP contribution in [0.4, 0.5) is 13.2 Å². The lowest BCUT2D eigenvalue weighted by molar-refractivity contribution is -0.137. The predicted octanol–water partition coefficient (Wildman–Crippen LogP) is 3.78. The van der Waals surface area contributed by atoms with Crippen LogP contribution in [0.15, 0.2) is 18.2 Å². The third-order valence-corrected chi connectivity index (χ3v) is 2.28. The minimum atomic E-state index is -4.61. The Morgan fingerprint density at radius 1 is 1.33 bits per heavy atom. The number of carbonyl (C=O) groups excluding carboxylic acids is 1. The highest BCUT2D eigenvalue weighted by Crippen LogP contribution is 2.35. The molecule has 0 amide bonds. The van der Waals surface area contributed by atoms with Crippen molar-refractivity contribution in [1.82, 2.24) is 0 Å². The molecule has 1 nitrogen and oxygen atoms in total. The van der Waals surface area contributed by atoms with E-state index in [4.69, 9.17) is 23.2 Å². The van der Waals surface area contributed by atoms with Crippen LogP contribution in [-0.4, -0.2) is 11.7 Å². The molecule has 1 rings (SSSR count). The number of alkyl halides is 4. The molecule has 0 N–H and O–H groups in total. The Balaban J connectivity index is 3.40. The number of Topliss-reactive ketones (excluding diaryl/α,β-unsaturated/α-hetero) is 1. The van der Waals surface area contributed by atoms with E-state index in [-0.39, 0.29) is 5.02 Å². The highest BCUT2D eigenvalue weighted by molar-refractivity contribution is 6.37. The van der Waals surface area contributed by atoms with E-state index in [1.165, 1.54) is 6.07 Å². The Bertz CT molecular complexity index is 387. The molecule has 0 atom stereocenters. The Morgan fingerprint density at radius 3 is 2.40 bits per heavy atom. The molecule has 82 valence electrons. The zero-order chi connectivity index (χ0) is 11.6. The number of ketones is 1. The first-order chi connectivity index (χ1) is 6.88. The van der Waals surface area contributed by atoms with Crippen molar-refractivity contribution in [2.24, 2.45) is 0 Å². The fourth-order valence-electron chi connectivity index (χ4n) is 1.11. The second-order valence-corrected chi connectivity index (χ2v) is 3.39. The molecule has 0 saturated heterocycles. The summed E-state index contributed by atoms with van der Waals surface area (Å²) >= 11 is 10.7. The number of carbonyl (C=O) groups is 1. The van der Waals surface area contributed by atoms with Crippen molar-refractivity contribution in [3.05, 3.63) is 34.3 Å². The van der Waals surface area contributed by atoms with Gasteiger partial charge in [-0.3, -0.25) is 4.79 Å². The number of rotatable bonds is 2. The molecule has 0 saturated carbocycles. The van der Waals surface area contributed by atoms with Crippen LogP contribution in [-0.2, 0) is 6.18 Å². The molecule has 0 aromatic heterocycles. The maximum absolute atomic E-state index is 12.5. The maximum atomic E-state index is 12.5. The average Bonchev–Trinajstić information content (AvgIpc) is 2.15. The van der Waals surface area contributed by atoms with Crippen LogP contribution in [0, 0.1) is 0 Å². The van der Waals surface area contributed by atoms with Crippen molar-refractivity contribution >= 4 is 29.0 Å². The zero-order valence-corrected chi connectivity index (χ0v) is 8.75. The molecule has 15 heavy (non-hydrogen) atoms. The van der Waals surface area contributed by atoms with E-state index in [0.29, 0.717) is 0 Å². The number of hydrogen-bond donors (Lipinski definition) is 0. The lowest BCUT2D eigenvalue weighted by Crippen LogP contribution is -2.14. The lowest BCUT2D eigenvalue weighted by atomic mass is 10.0. The zero-order valence-electron chi connectivity index (χ0n) is 7.24. The van der Waals surface area contributed by atoms with E-state index in [1.807, 2.05) is 0 Å².